The summed E-state index contributed by atoms with van der Waals surface area (Å²) in [5.41, 5.74) is 0.989. The van der Waals surface area contributed by atoms with Crippen molar-refractivity contribution in [1.82, 2.24) is 10.2 Å². The highest BCUT2D eigenvalue weighted by atomic mass is 16.5. The average molecular weight is 262 g/mol. The van der Waals surface area contributed by atoms with E-state index in [1.54, 1.807) is 0 Å². The van der Waals surface area contributed by atoms with E-state index < -0.39 is 0 Å². The molecule has 1 unspecified atom stereocenters. The first-order valence-electron chi connectivity index (χ1n) is 6.95. The molecule has 0 bridgehead atoms. The second-order valence-corrected chi connectivity index (χ2v) is 4.76. The van der Waals surface area contributed by atoms with Crippen LogP contribution in [0.25, 0.3) is 0 Å². The Morgan fingerprint density at radius 1 is 1.32 bits per heavy atom. The Bertz CT molecular complexity index is 411. The van der Waals surface area contributed by atoms with Gasteiger partial charge in [-0.25, -0.2) is 0 Å². The van der Waals surface area contributed by atoms with E-state index in [4.69, 9.17) is 4.74 Å². The molecule has 1 fully saturated rings. The molecule has 1 saturated heterocycles. The van der Waals surface area contributed by atoms with Crippen LogP contribution < -0.4 is 10.1 Å². The van der Waals surface area contributed by atoms with Crippen LogP contribution in [0.4, 0.5) is 0 Å². The zero-order valence-corrected chi connectivity index (χ0v) is 11.7. The van der Waals surface area contributed by atoms with Crippen LogP contribution in [0, 0.1) is 0 Å². The van der Waals surface area contributed by atoms with Crippen molar-refractivity contribution in [2.24, 2.45) is 0 Å². The molecule has 1 atom stereocenters. The summed E-state index contributed by atoms with van der Waals surface area (Å²) in [6.07, 6.45) is 2.23. The zero-order valence-electron chi connectivity index (χ0n) is 11.7. The molecule has 1 amide bonds. The Labute approximate surface area is 114 Å². The molecule has 104 valence electrons. The van der Waals surface area contributed by atoms with E-state index >= 15 is 0 Å². The highest BCUT2D eigenvalue weighted by Crippen LogP contribution is 2.21. The number of carbonyl (C=O) groups excluding carboxylic acids is 1. The van der Waals surface area contributed by atoms with Gasteiger partial charge in [0.1, 0.15) is 11.8 Å². The van der Waals surface area contributed by atoms with Crippen molar-refractivity contribution in [3.8, 4) is 5.75 Å². The van der Waals surface area contributed by atoms with Gasteiger partial charge in [0.25, 0.3) is 0 Å². The lowest BCUT2D eigenvalue weighted by molar-refractivity contribution is -0.132. The first-order valence-corrected chi connectivity index (χ1v) is 6.95. The van der Waals surface area contributed by atoms with Gasteiger partial charge in [-0.3, -0.25) is 4.79 Å². The van der Waals surface area contributed by atoms with E-state index in [0.717, 1.165) is 37.2 Å². The van der Waals surface area contributed by atoms with Gasteiger partial charge in [-0.05, 0) is 44.5 Å². The molecule has 1 N–H and O–H groups in total. The second kappa shape index (κ2) is 6.57. The molecule has 1 aromatic carbocycles. The number of nitrogens with zero attached hydrogens (tertiary/aromatic N) is 1. The number of nitrogens with one attached hydrogen (secondary N) is 1. The van der Waals surface area contributed by atoms with Crippen LogP contribution in [0.1, 0.15) is 31.4 Å². The fourth-order valence-corrected chi connectivity index (χ4v) is 2.48. The van der Waals surface area contributed by atoms with Crippen molar-refractivity contribution in [2.75, 3.05) is 26.7 Å². The molecular weight excluding hydrogens is 240 g/mol. The third-order valence-electron chi connectivity index (χ3n) is 3.48. The third kappa shape index (κ3) is 3.26. The molecule has 1 aliphatic rings. The van der Waals surface area contributed by atoms with Gasteiger partial charge in [-0.2, -0.15) is 0 Å². The van der Waals surface area contributed by atoms with Gasteiger partial charge in [0, 0.05) is 13.1 Å². The molecular formula is C15H22N2O2. The Hall–Kier alpha value is -1.55. The molecule has 0 aliphatic carbocycles. The van der Waals surface area contributed by atoms with E-state index in [0.29, 0.717) is 6.61 Å². The molecule has 1 heterocycles. The number of benzene rings is 1. The number of likely N-dealkylation sites (tertiary alicyclic amines) is 1. The van der Waals surface area contributed by atoms with Crippen molar-refractivity contribution in [3.05, 3.63) is 29.8 Å². The number of carbonyl (C=O) groups is 1. The molecule has 1 aliphatic heterocycles. The van der Waals surface area contributed by atoms with Crippen LogP contribution in [0.5, 0.6) is 5.75 Å². The SMILES string of the molecule is CCOc1ccc(C(NC)C(=O)N2CCCC2)cc1. The molecule has 19 heavy (non-hydrogen) atoms. The largest absolute Gasteiger partial charge is 0.494 e. The third-order valence-corrected chi connectivity index (χ3v) is 3.48. The van der Waals surface area contributed by atoms with Gasteiger partial charge in [0.2, 0.25) is 5.91 Å². The Morgan fingerprint density at radius 3 is 2.47 bits per heavy atom. The Kier molecular flexibility index (Phi) is 4.80. The predicted octanol–water partition coefficient (Wildman–Crippen LogP) is 1.97. The zero-order chi connectivity index (χ0) is 13.7. The molecule has 0 aromatic heterocycles. The van der Waals surface area contributed by atoms with Crippen molar-refractivity contribution in [1.29, 1.82) is 0 Å². The van der Waals surface area contributed by atoms with E-state index in [2.05, 4.69) is 5.32 Å². The quantitative estimate of drug-likeness (QED) is 0.882. The number of hydrogen-bond acceptors (Lipinski definition) is 3. The maximum absolute atomic E-state index is 12.4. The lowest BCUT2D eigenvalue weighted by atomic mass is 10.1. The molecule has 1 aromatic rings. The van der Waals surface area contributed by atoms with Crippen LogP contribution >= 0.6 is 0 Å². The predicted molar refractivity (Wildman–Crippen MR) is 75.2 cm³/mol. The van der Waals surface area contributed by atoms with Gasteiger partial charge in [0.15, 0.2) is 0 Å². The second-order valence-electron chi connectivity index (χ2n) is 4.76. The summed E-state index contributed by atoms with van der Waals surface area (Å²) in [6, 6.07) is 7.50. The van der Waals surface area contributed by atoms with Crippen molar-refractivity contribution in [3.63, 3.8) is 0 Å². The van der Waals surface area contributed by atoms with E-state index in [9.17, 15) is 4.79 Å². The molecule has 0 radical (unpaired) electrons. The van der Waals surface area contributed by atoms with Crippen molar-refractivity contribution >= 4 is 5.91 Å². The van der Waals surface area contributed by atoms with E-state index in [1.165, 1.54) is 0 Å². The molecule has 0 spiro atoms. The summed E-state index contributed by atoms with van der Waals surface area (Å²) in [6.45, 7) is 4.38. The summed E-state index contributed by atoms with van der Waals surface area (Å²) >= 11 is 0. The fraction of sp³-hybridized carbons (Fsp3) is 0.533. The summed E-state index contributed by atoms with van der Waals surface area (Å²) in [7, 11) is 1.83. The molecule has 2 rings (SSSR count). The normalized spacial score (nSPS) is 16.4. The first-order chi connectivity index (χ1) is 9.26. The number of rotatable bonds is 5. The van der Waals surface area contributed by atoms with Crippen LogP contribution in [0.3, 0.4) is 0 Å². The smallest absolute Gasteiger partial charge is 0.244 e. The summed E-state index contributed by atoms with van der Waals surface area (Å²) in [4.78, 5) is 14.4. The minimum Gasteiger partial charge on any atom is -0.494 e. The maximum atomic E-state index is 12.4. The van der Waals surface area contributed by atoms with Crippen molar-refractivity contribution < 1.29 is 9.53 Å². The lowest BCUT2D eigenvalue weighted by Gasteiger charge is -2.23. The number of amides is 1. The number of likely N-dealkylation sites (N-methyl/N-ethyl adjacent to an activating group) is 1. The maximum Gasteiger partial charge on any atom is 0.244 e. The molecule has 4 nitrogen and oxygen atoms in total. The van der Waals surface area contributed by atoms with Gasteiger partial charge in [0.05, 0.1) is 6.61 Å². The average Bonchev–Trinajstić information content (AvgIpc) is 2.96. The Morgan fingerprint density at radius 2 is 1.95 bits per heavy atom. The minimum atomic E-state index is -0.256. The number of hydrogen-bond donors (Lipinski definition) is 1. The summed E-state index contributed by atoms with van der Waals surface area (Å²) in [5, 5.41) is 3.11. The van der Waals surface area contributed by atoms with Crippen LogP contribution in [-0.4, -0.2) is 37.6 Å². The standard InChI is InChI=1S/C15H22N2O2/c1-3-19-13-8-6-12(7-9-13)14(16-2)15(18)17-10-4-5-11-17/h6-9,14,16H,3-5,10-11H2,1-2H3. The van der Waals surface area contributed by atoms with Gasteiger partial charge < -0.3 is 15.0 Å². The summed E-state index contributed by atoms with van der Waals surface area (Å²) < 4.78 is 5.42. The number of ether oxygens (including phenoxy) is 1. The lowest BCUT2D eigenvalue weighted by Crippen LogP contribution is -2.38. The van der Waals surface area contributed by atoms with E-state index in [1.807, 2.05) is 43.1 Å². The van der Waals surface area contributed by atoms with Crippen LogP contribution in [-0.2, 0) is 4.79 Å². The van der Waals surface area contributed by atoms with Gasteiger partial charge in [-0.1, -0.05) is 12.1 Å². The fourth-order valence-electron chi connectivity index (χ4n) is 2.48. The topological polar surface area (TPSA) is 41.6 Å². The minimum absolute atomic E-state index is 0.171. The van der Waals surface area contributed by atoms with Crippen LogP contribution in [0.2, 0.25) is 0 Å². The summed E-state index contributed by atoms with van der Waals surface area (Å²) in [5.74, 6) is 1.01. The Balaban J connectivity index is 2.09. The highest BCUT2D eigenvalue weighted by Gasteiger charge is 2.26. The molecule has 0 saturated carbocycles. The monoisotopic (exact) mass is 262 g/mol. The first kappa shape index (κ1) is 13.9. The molecule has 4 heteroatoms. The van der Waals surface area contributed by atoms with E-state index in [-0.39, 0.29) is 11.9 Å². The highest BCUT2D eigenvalue weighted by molar-refractivity contribution is 5.83. The van der Waals surface area contributed by atoms with Gasteiger partial charge in [-0.15, -0.1) is 0 Å². The van der Waals surface area contributed by atoms with Crippen LogP contribution in [0.15, 0.2) is 24.3 Å². The van der Waals surface area contributed by atoms with Crippen molar-refractivity contribution in [2.45, 2.75) is 25.8 Å². The van der Waals surface area contributed by atoms with Gasteiger partial charge >= 0.3 is 0 Å².